The molecule has 0 saturated heterocycles. The van der Waals surface area contributed by atoms with Crippen molar-refractivity contribution in [2.75, 3.05) is 5.32 Å². The number of halogens is 3. The third kappa shape index (κ3) is 3.00. The molecule has 1 amide bonds. The largest absolute Gasteiger partial charge is 0.298 e. The molecule has 0 saturated carbocycles. The van der Waals surface area contributed by atoms with Gasteiger partial charge in [0.15, 0.2) is 22.5 Å². The van der Waals surface area contributed by atoms with E-state index >= 15 is 0 Å². The van der Waals surface area contributed by atoms with E-state index < -0.39 is 17.5 Å². The number of benzene rings is 1. The van der Waals surface area contributed by atoms with Gasteiger partial charge in [-0.25, -0.2) is 13.8 Å². The molecule has 2 aromatic rings. The van der Waals surface area contributed by atoms with Crippen LogP contribution in [0.2, 0.25) is 5.02 Å². The topological polar surface area (TPSA) is 59.1 Å². The predicted octanol–water partition coefficient (Wildman–Crippen LogP) is 3.53. The van der Waals surface area contributed by atoms with Crippen molar-refractivity contribution in [3.63, 3.8) is 0 Å². The number of hydrogen-bond donors (Lipinski definition) is 1. The number of thiazole rings is 1. The maximum absolute atomic E-state index is 13.1. The normalized spacial score (nSPS) is 10.4. The zero-order valence-corrected chi connectivity index (χ0v) is 11.6. The summed E-state index contributed by atoms with van der Waals surface area (Å²) in [6, 6.07) is 1.42. The molecule has 2 rings (SSSR count). The van der Waals surface area contributed by atoms with Gasteiger partial charge in [-0.05, 0) is 12.1 Å². The first-order chi connectivity index (χ1) is 9.38. The number of nitrogens with one attached hydrogen (secondary N) is 1. The lowest BCUT2D eigenvalue weighted by Crippen LogP contribution is -2.13. The van der Waals surface area contributed by atoms with Crippen molar-refractivity contribution in [1.82, 2.24) is 4.98 Å². The lowest BCUT2D eigenvalue weighted by Gasteiger charge is -2.04. The minimum atomic E-state index is -1.18. The second kappa shape index (κ2) is 5.64. The van der Waals surface area contributed by atoms with Gasteiger partial charge in [-0.1, -0.05) is 11.6 Å². The molecule has 0 aliphatic carbocycles. The maximum Gasteiger partial charge on any atom is 0.259 e. The molecule has 1 aromatic carbocycles. The molecule has 1 aromatic heterocycles. The average Bonchev–Trinajstić information content (AvgIpc) is 2.82. The Hall–Kier alpha value is -1.86. The number of amides is 1. The van der Waals surface area contributed by atoms with Crippen molar-refractivity contribution < 1.29 is 18.4 Å². The monoisotopic (exact) mass is 316 g/mol. The maximum atomic E-state index is 13.1. The molecule has 104 valence electrons. The molecule has 0 atom stereocenters. The number of Topliss-reactive ketones (excluding diaryl/α,β-unsaturated/α-hetero) is 1. The van der Waals surface area contributed by atoms with Crippen LogP contribution in [0.15, 0.2) is 17.5 Å². The number of ketones is 1. The van der Waals surface area contributed by atoms with Crippen LogP contribution in [0.1, 0.15) is 27.8 Å². The smallest absolute Gasteiger partial charge is 0.259 e. The summed E-state index contributed by atoms with van der Waals surface area (Å²) in [5, 5.41) is 3.79. The number of hydrogen-bond acceptors (Lipinski definition) is 4. The molecular weight excluding hydrogens is 310 g/mol. The quantitative estimate of drug-likeness (QED) is 0.696. The van der Waals surface area contributed by atoms with E-state index in [1.165, 1.54) is 12.3 Å². The third-order valence-corrected chi connectivity index (χ3v) is 3.41. The Bertz CT molecular complexity index is 703. The first-order valence-electron chi connectivity index (χ1n) is 5.31. The fourth-order valence-electron chi connectivity index (χ4n) is 1.35. The Balaban J connectivity index is 2.23. The summed E-state index contributed by atoms with van der Waals surface area (Å²) in [6.45, 7) is 1.34. The Kier molecular flexibility index (Phi) is 4.10. The van der Waals surface area contributed by atoms with Gasteiger partial charge >= 0.3 is 0 Å². The molecule has 0 bridgehead atoms. The second-order valence-corrected chi connectivity index (χ2v) is 5.06. The van der Waals surface area contributed by atoms with Crippen LogP contribution < -0.4 is 5.32 Å². The highest BCUT2D eigenvalue weighted by Crippen LogP contribution is 2.22. The van der Waals surface area contributed by atoms with Gasteiger partial charge in [0.2, 0.25) is 0 Å². The van der Waals surface area contributed by atoms with Crippen LogP contribution in [-0.4, -0.2) is 16.7 Å². The van der Waals surface area contributed by atoms with E-state index in [2.05, 4.69) is 10.3 Å². The first kappa shape index (κ1) is 14.5. The Labute approximate surface area is 121 Å². The lowest BCUT2D eigenvalue weighted by molar-refractivity contribution is 0.100. The van der Waals surface area contributed by atoms with E-state index in [1.54, 1.807) is 0 Å². The van der Waals surface area contributed by atoms with Crippen LogP contribution >= 0.6 is 22.9 Å². The van der Waals surface area contributed by atoms with Crippen molar-refractivity contribution in [3.05, 3.63) is 45.4 Å². The third-order valence-electron chi connectivity index (χ3n) is 2.34. The molecule has 4 nitrogen and oxygen atoms in total. The van der Waals surface area contributed by atoms with Gasteiger partial charge in [0.05, 0.1) is 10.6 Å². The van der Waals surface area contributed by atoms with Crippen LogP contribution in [0.5, 0.6) is 0 Å². The van der Waals surface area contributed by atoms with Gasteiger partial charge in [0, 0.05) is 12.3 Å². The summed E-state index contributed by atoms with van der Waals surface area (Å²) in [5.41, 5.74) is -0.00757. The molecule has 0 spiro atoms. The van der Waals surface area contributed by atoms with Crippen molar-refractivity contribution in [3.8, 4) is 0 Å². The van der Waals surface area contributed by atoms with Gasteiger partial charge in [0.1, 0.15) is 5.69 Å². The minimum absolute atomic E-state index is 0.168. The summed E-state index contributed by atoms with van der Waals surface area (Å²) >= 11 is 6.72. The Morgan fingerprint density at radius 3 is 2.55 bits per heavy atom. The molecule has 1 heterocycles. The minimum Gasteiger partial charge on any atom is -0.298 e. The molecule has 0 radical (unpaired) electrons. The van der Waals surface area contributed by atoms with E-state index in [4.69, 9.17) is 11.6 Å². The van der Waals surface area contributed by atoms with Gasteiger partial charge in [-0.15, -0.1) is 11.3 Å². The fraction of sp³-hybridized carbons (Fsp3) is 0.0833. The highest BCUT2D eigenvalue weighted by atomic mass is 35.5. The molecule has 20 heavy (non-hydrogen) atoms. The lowest BCUT2D eigenvalue weighted by atomic mass is 10.2. The van der Waals surface area contributed by atoms with Gasteiger partial charge < -0.3 is 0 Å². The van der Waals surface area contributed by atoms with Gasteiger partial charge in [0.25, 0.3) is 5.91 Å². The highest BCUT2D eigenvalue weighted by molar-refractivity contribution is 7.14. The zero-order chi connectivity index (χ0) is 14.9. The van der Waals surface area contributed by atoms with E-state index in [0.29, 0.717) is 12.1 Å². The number of carbonyl (C=O) groups is 2. The highest BCUT2D eigenvalue weighted by Gasteiger charge is 2.16. The van der Waals surface area contributed by atoms with Crippen molar-refractivity contribution in [2.45, 2.75) is 6.92 Å². The van der Waals surface area contributed by atoms with Crippen LogP contribution in [0.25, 0.3) is 0 Å². The van der Waals surface area contributed by atoms with Crippen molar-refractivity contribution >= 4 is 39.8 Å². The fourth-order valence-corrected chi connectivity index (χ4v) is 2.33. The zero-order valence-electron chi connectivity index (χ0n) is 10.0. The van der Waals surface area contributed by atoms with Crippen molar-refractivity contribution in [2.24, 2.45) is 0 Å². The van der Waals surface area contributed by atoms with Crippen LogP contribution in [0, 0.1) is 11.6 Å². The SMILES string of the molecule is CC(=O)c1csc(NC(=O)c2cc(F)c(F)cc2Cl)n1. The molecular formula is C12H7ClF2N2O2S. The van der Waals surface area contributed by atoms with Crippen molar-refractivity contribution in [1.29, 1.82) is 0 Å². The summed E-state index contributed by atoms with van der Waals surface area (Å²) in [5.74, 6) is -3.30. The van der Waals surface area contributed by atoms with E-state index in [1.807, 2.05) is 0 Å². The van der Waals surface area contributed by atoms with Crippen LogP contribution in [0.3, 0.4) is 0 Å². The Morgan fingerprint density at radius 1 is 1.30 bits per heavy atom. The van der Waals surface area contributed by atoms with Crippen LogP contribution in [0.4, 0.5) is 13.9 Å². The number of carbonyl (C=O) groups excluding carboxylic acids is 2. The second-order valence-electron chi connectivity index (χ2n) is 3.79. The summed E-state index contributed by atoms with van der Waals surface area (Å²) in [6.07, 6.45) is 0. The summed E-state index contributed by atoms with van der Waals surface area (Å²) < 4.78 is 26.0. The molecule has 8 heteroatoms. The molecule has 0 aliphatic rings. The first-order valence-corrected chi connectivity index (χ1v) is 6.56. The van der Waals surface area contributed by atoms with Gasteiger partial charge in [-0.3, -0.25) is 14.9 Å². The molecule has 0 fully saturated rings. The number of rotatable bonds is 3. The number of anilines is 1. The summed E-state index contributed by atoms with van der Waals surface area (Å²) in [4.78, 5) is 26.8. The predicted molar refractivity (Wildman–Crippen MR) is 71.4 cm³/mol. The van der Waals surface area contributed by atoms with E-state index in [0.717, 1.165) is 11.3 Å². The van der Waals surface area contributed by atoms with Gasteiger partial charge in [-0.2, -0.15) is 0 Å². The van der Waals surface area contributed by atoms with E-state index in [-0.39, 0.29) is 27.2 Å². The molecule has 0 aliphatic heterocycles. The average molecular weight is 317 g/mol. The number of aromatic nitrogens is 1. The van der Waals surface area contributed by atoms with E-state index in [9.17, 15) is 18.4 Å². The Morgan fingerprint density at radius 2 is 1.95 bits per heavy atom. The van der Waals surface area contributed by atoms with Crippen LogP contribution in [-0.2, 0) is 0 Å². The molecule has 0 unspecified atom stereocenters. The summed E-state index contributed by atoms with van der Waals surface area (Å²) in [7, 11) is 0. The number of nitrogens with zero attached hydrogens (tertiary/aromatic N) is 1. The standard InChI is InChI=1S/C12H7ClF2N2O2S/c1-5(18)10-4-20-12(16-10)17-11(19)6-2-8(14)9(15)3-7(6)13/h2-4H,1H3,(H,16,17,19). The molecule has 1 N–H and O–H groups in total.